The van der Waals surface area contributed by atoms with Gasteiger partial charge in [0.1, 0.15) is 0 Å². The van der Waals surface area contributed by atoms with Crippen molar-refractivity contribution in [2.45, 2.75) is 54.7 Å². The molecule has 1 saturated carbocycles. The molecule has 0 spiro atoms. The van der Waals surface area contributed by atoms with Gasteiger partial charge in [-0.1, -0.05) is 31.0 Å². The Hall–Kier alpha value is -1.67. The fourth-order valence-electron chi connectivity index (χ4n) is 2.83. The Morgan fingerprint density at radius 1 is 1.42 bits per heavy atom. The fourth-order valence-corrected chi connectivity index (χ4v) is 5.08. The topological polar surface area (TPSA) is 85.1 Å². The Labute approximate surface area is 148 Å². The van der Waals surface area contributed by atoms with Crippen LogP contribution in [0.5, 0.6) is 0 Å². The van der Waals surface area contributed by atoms with E-state index in [2.05, 4.69) is 10.3 Å². The smallest absolute Gasteiger partial charge is 0.270 e. The van der Waals surface area contributed by atoms with Gasteiger partial charge in [0.25, 0.3) is 5.69 Å². The quantitative estimate of drug-likeness (QED) is 0.489. The summed E-state index contributed by atoms with van der Waals surface area (Å²) in [6.45, 7) is 1.87. The first-order valence-corrected chi connectivity index (χ1v) is 9.74. The number of nitro benzene ring substituents is 1. The van der Waals surface area contributed by atoms with Crippen LogP contribution < -0.4 is 5.32 Å². The Balaban J connectivity index is 1.64. The molecular formula is C16H19N3O3S2. The highest BCUT2D eigenvalue weighted by molar-refractivity contribution is 8.02. The maximum atomic E-state index is 12.3. The van der Waals surface area contributed by atoms with E-state index in [9.17, 15) is 14.9 Å². The molecule has 0 bridgehead atoms. The lowest BCUT2D eigenvalue weighted by atomic mass is 9.95. The van der Waals surface area contributed by atoms with E-state index in [0.29, 0.717) is 6.04 Å². The molecule has 0 saturated heterocycles. The van der Waals surface area contributed by atoms with Crippen molar-refractivity contribution in [3.63, 3.8) is 0 Å². The van der Waals surface area contributed by atoms with Gasteiger partial charge in [-0.3, -0.25) is 14.9 Å². The zero-order valence-corrected chi connectivity index (χ0v) is 15.0. The molecule has 1 heterocycles. The molecule has 1 fully saturated rings. The second-order valence-electron chi connectivity index (χ2n) is 5.99. The third-order valence-electron chi connectivity index (χ3n) is 4.16. The lowest BCUT2D eigenvalue weighted by Gasteiger charge is -2.24. The number of benzene rings is 1. The maximum absolute atomic E-state index is 12.3. The number of nitrogens with one attached hydrogen (secondary N) is 1. The van der Waals surface area contributed by atoms with Crippen LogP contribution in [0.2, 0.25) is 0 Å². The van der Waals surface area contributed by atoms with Gasteiger partial charge in [0.15, 0.2) is 4.34 Å². The predicted molar refractivity (Wildman–Crippen MR) is 96.6 cm³/mol. The Kier molecular flexibility index (Phi) is 5.35. The summed E-state index contributed by atoms with van der Waals surface area (Å²) in [7, 11) is 0. The molecule has 0 radical (unpaired) electrons. The second-order valence-corrected chi connectivity index (χ2v) is 8.61. The summed E-state index contributed by atoms with van der Waals surface area (Å²) < 4.78 is 1.53. The number of carbonyl (C=O) groups excluding carboxylic acids is 1. The lowest BCUT2D eigenvalue weighted by Crippen LogP contribution is -2.40. The highest BCUT2D eigenvalue weighted by atomic mass is 32.2. The van der Waals surface area contributed by atoms with Gasteiger partial charge >= 0.3 is 0 Å². The summed E-state index contributed by atoms with van der Waals surface area (Å²) in [6, 6.07) is 4.94. The highest BCUT2D eigenvalue weighted by Crippen LogP contribution is 2.34. The molecule has 1 N–H and O–H groups in total. The summed E-state index contributed by atoms with van der Waals surface area (Å²) in [5, 5.41) is 13.7. The van der Waals surface area contributed by atoms with Crippen LogP contribution in [0.1, 0.15) is 39.0 Å². The van der Waals surface area contributed by atoms with Crippen molar-refractivity contribution in [3.05, 3.63) is 28.3 Å². The third kappa shape index (κ3) is 4.05. The molecule has 2 aromatic rings. The Bertz CT molecular complexity index is 756. The van der Waals surface area contributed by atoms with E-state index in [1.54, 1.807) is 6.07 Å². The number of amides is 1. The molecule has 0 aliphatic heterocycles. The molecule has 1 aromatic carbocycles. The molecular weight excluding hydrogens is 346 g/mol. The Morgan fingerprint density at radius 3 is 2.88 bits per heavy atom. The van der Waals surface area contributed by atoms with Gasteiger partial charge in [0.05, 0.1) is 20.4 Å². The minimum absolute atomic E-state index is 0.0390. The van der Waals surface area contributed by atoms with Crippen LogP contribution in [0.25, 0.3) is 10.2 Å². The zero-order valence-electron chi connectivity index (χ0n) is 13.4. The molecule has 6 nitrogen and oxygen atoms in total. The lowest BCUT2D eigenvalue weighted by molar-refractivity contribution is -0.384. The SMILES string of the molecule is C[C@@H](Sc1nc2ccc([N+](=O)[O-])cc2s1)C(=O)NC1CCCCC1. The Morgan fingerprint density at radius 2 is 2.17 bits per heavy atom. The van der Waals surface area contributed by atoms with Crippen LogP contribution in [0.15, 0.2) is 22.5 Å². The minimum atomic E-state index is -0.410. The van der Waals surface area contributed by atoms with Crippen molar-refractivity contribution in [1.29, 1.82) is 0 Å². The van der Waals surface area contributed by atoms with E-state index in [-0.39, 0.29) is 16.8 Å². The van der Waals surface area contributed by atoms with Crippen molar-refractivity contribution < 1.29 is 9.72 Å². The zero-order chi connectivity index (χ0) is 17.1. The summed E-state index contributed by atoms with van der Waals surface area (Å²) in [5.74, 6) is 0.0390. The van der Waals surface area contributed by atoms with E-state index in [0.717, 1.165) is 27.4 Å². The molecule has 8 heteroatoms. The standard InChI is InChI=1S/C16H19N3O3S2/c1-10(15(20)17-11-5-3-2-4-6-11)23-16-18-13-8-7-12(19(21)22)9-14(13)24-16/h7-11H,2-6H2,1H3,(H,17,20)/t10-/m1/s1. The molecule has 3 rings (SSSR count). The van der Waals surface area contributed by atoms with Gasteiger partial charge in [-0.15, -0.1) is 11.3 Å². The molecule has 1 amide bonds. The maximum Gasteiger partial charge on any atom is 0.270 e. The number of thiazole rings is 1. The first-order valence-electron chi connectivity index (χ1n) is 8.05. The molecule has 1 atom stereocenters. The van der Waals surface area contributed by atoms with E-state index in [1.807, 2.05) is 6.92 Å². The number of fused-ring (bicyclic) bond motifs is 1. The van der Waals surface area contributed by atoms with E-state index < -0.39 is 4.92 Å². The predicted octanol–water partition coefficient (Wildman–Crippen LogP) is 4.13. The van der Waals surface area contributed by atoms with Crippen molar-refractivity contribution in [1.82, 2.24) is 10.3 Å². The normalized spacial score (nSPS) is 16.9. The third-order valence-corrected chi connectivity index (χ3v) is 6.37. The van der Waals surface area contributed by atoms with Crippen LogP contribution in [0, 0.1) is 10.1 Å². The number of non-ortho nitro benzene ring substituents is 1. The first kappa shape index (κ1) is 17.2. The first-order chi connectivity index (χ1) is 11.5. The molecule has 0 unspecified atom stereocenters. The number of carbonyl (C=O) groups is 1. The number of nitrogens with zero attached hydrogens (tertiary/aromatic N) is 2. The van der Waals surface area contributed by atoms with Crippen molar-refractivity contribution in [3.8, 4) is 0 Å². The van der Waals surface area contributed by atoms with Crippen LogP contribution in [0.3, 0.4) is 0 Å². The average Bonchev–Trinajstić information content (AvgIpc) is 2.96. The highest BCUT2D eigenvalue weighted by Gasteiger charge is 2.21. The average molecular weight is 365 g/mol. The summed E-state index contributed by atoms with van der Waals surface area (Å²) >= 11 is 2.79. The number of rotatable bonds is 5. The number of hydrogen-bond acceptors (Lipinski definition) is 6. The monoisotopic (exact) mass is 365 g/mol. The van der Waals surface area contributed by atoms with Crippen molar-refractivity contribution in [2.24, 2.45) is 0 Å². The van der Waals surface area contributed by atoms with Crippen molar-refractivity contribution >= 4 is 44.9 Å². The van der Waals surface area contributed by atoms with Crippen LogP contribution in [-0.4, -0.2) is 27.1 Å². The minimum Gasteiger partial charge on any atom is -0.352 e. The molecule has 128 valence electrons. The van der Waals surface area contributed by atoms with Gasteiger partial charge in [0.2, 0.25) is 5.91 Å². The van der Waals surface area contributed by atoms with Crippen LogP contribution in [-0.2, 0) is 4.79 Å². The van der Waals surface area contributed by atoms with Crippen LogP contribution in [0.4, 0.5) is 5.69 Å². The number of hydrogen-bond donors (Lipinski definition) is 1. The largest absolute Gasteiger partial charge is 0.352 e. The molecule has 1 aliphatic carbocycles. The van der Waals surface area contributed by atoms with Gasteiger partial charge < -0.3 is 5.32 Å². The van der Waals surface area contributed by atoms with Crippen molar-refractivity contribution in [2.75, 3.05) is 0 Å². The summed E-state index contributed by atoms with van der Waals surface area (Å²) in [4.78, 5) is 27.2. The number of thioether (sulfide) groups is 1. The van der Waals surface area contributed by atoms with Gasteiger partial charge in [-0.05, 0) is 25.8 Å². The fraction of sp³-hybridized carbons (Fsp3) is 0.500. The number of nitro groups is 1. The summed E-state index contributed by atoms with van der Waals surface area (Å²) in [6.07, 6.45) is 5.75. The van der Waals surface area contributed by atoms with Crippen LogP contribution >= 0.6 is 23.1 Å². The molecule has 1 aliphatic rings. The molecule has 24 heavy (non-hydrogen) atoms. The van der Waals surface area contributed by atoms with E-state index >= 15 is 0 Å². The van der Waals surface area contributed by atoms with E-state index in [1.165, 1.54) is 54.5 Å². The van der Waals surface area contributed by atoms with Gasteiger partial charge in [0, 0.05) is 18.2 Å². The summed E-state index contributed by atoms with van der Waals surface area (Å²) in [5.41, 5.74) is 0.791. The van der Waals surface area contributed by atoms with E-state index in [4.69, 9.17) is 0 Å². The molecule has 1 aromatic heterocycles. The van der Waals surface area contributed by atoms with Gasteiger partial charge in [-0.2, -0.15) is 0 Å². The van der Waals surface area contributed by atoms with Gasteiger partial charge in [-0.25, -0.2) is 4.98 Å². The second kappa shape index (κ2) is 7.48. The number of aromatic nitrogens is 1.